The monoisotopic (exact) mass is 425 g/mol. The summed E-state index contributed by atoms with van der Waals surface area (Å²) in [6.45, 7) is 4.28. The van der Waals surface area contributed by atoms with E-state index in [4.69, 9.17) is 4.98 Å². The van der Waals surface area contributed by atoms with Crippen LogP contribution in [-0.4, -0.2) is 26.3 Å². The molecule has 0 fully saturated rings. The van der Waals surface area contributed by atoms with Crippen molar-refractivity contribution in [1.82, 2.24) is 14.5 Å². The fraction of sp³-hybridized carbons (Fsp3) is 0.200. The number of para-hydroxylation sites is 2. The van der Waals surface area contributed by atoms with Crippen LogP contribution < -0.4 is 10.2 Å². The minimum atomic E-state index is -0.660. The third kappa shape index (κ3) is 3.62. The molecule has 2 amide bonds. The maximum absolute atomic E-state index is 13.4. The summed E-state index contributed by atoms with van der Waals surface area (Å²) in [5.74, 6) is 0.183. The van der Waals surface area contributed by atoms with Gasteiger partial charge in [0.05, 0.1) is 29.7 Å². The van der Waals surface area contributed by atoms with Crippen LogP contribution in [0.5, 0.6) is 0 Å². The molecule has 7 heteroatoms. The molecule has 7 nitrogen and oxygen atoms in total. The zero-order chi connectivity index (χ0) is 22.2. The fourth-order valence-corrected chi connectivity index (χ4v) is 4.33. The number of carbonyl (C=O) groups excluding carboxylic acids is 2. The van der Waals surface area contributed by atoms with E-state index in [0.717, 1.165) is 33.5 Å². The zero-order valence-electron chi connectivity index (χ0n) is 17.9. The van der Waals surface area contributed by atoms with Crippen LogP contribution >= 0.6 is 0 Å². The number of aryl methyl sites for hydroxylation is 2. The number of anilines is 2. The number of hydrogen-bond acceptors (Lipinski definition) is 4. The van der Waals surface area contributed by atoms with Crippen molar-refractivity contribution in [1.29, 1.82) is 0 Å². The van der Waals surface area contributed by atoms with Gasteiger partial charge in [-0.05, 0) is 61.4 Å². The average molecular weight is 425 g/mol. The third-order valence-electron chi connectivity index (χ3n) is 5.61. The Morgan fingerprint density at radius 3 is 2.53 bits per heavy atom. The highest BCUT2D eigenvalue weighted by Crippen LogP contribution is 2.37. The first-order valence-corrected chi connectivity index (χ1v) is 10.6. The molecule has 3 heterocycles. The molecule has 5 rings (SSSR count). The van der Waals surface area contributed by atoms with E-state index in [9.17, 15) is 9.59 Å². The SMILES string of the molecule is Cc1cc(C)cc(NC(=O)C[C@H]2C(=O)N(Cc3ccccn3)c3nc4ccccc4n32)c1. The summed E-state index contributed by atoms with van der Waals surface area (Å²) in [7, 11) is 0. The van der Waals surface area contributed by atoms with Crippen molar-refractivity contribution in [3.05, 3.63) is 83.7 Å². The predicted molar refractivity (Wildman–Crippen MR) is 123 cm³/mol. The maximum atomic E-state index is 13.4. The van der Waals surface area contributed by atoms with E-state index in [0.29, 0.717) is 12.5 Å². The Bertz CT molecular complexity index is 1310. The van der Waals surface area contributed by atoms with Gasteiger partial charge in [-0.25, -0.2) is 4.98 Å². The third-order valence-corrected chi connectivity index (χ3v) is 5.61. The van der Waals surface area contributed by atoms with Gasteiger partial charge in [-0.3, -0.25) is 24.0 Å². The minimum Gasteiger partial charge on any atom is -0.326 e. The first kappa shape index (κ1) is 19.9. The van der Waals surface area contributed by atoms with Crippen LogP contribution in [0.15, 0.2) is 66.9 Å². The van der Waals surface area contributed by atoms with Gasteiger partial charge in [0.2, 0.25) is 11.9 Å². The number of nitrogens with one attached hydrogen (secondary N) is 1. The average Bonchev–Trinajstić information content (AvgIpc) is 3.24. The number of pyridine rings is 1. The number of imidazole rings is 1. The summed E-state index contributed by atoms with van der Waals surface area (Å²) in [4.78, 5) is 37.0. The molecule has 0 unspecified atom stereocenters. The molecule has 160 valence electrons. The molecule has 32 heavy (non-hydrogen) atoms. The highest BCUT2D eigenvalue weighted by Gasteiger charge is 2.41. The number of nitrogens with zero attached hydrogens (tertiary/aromatic N) is 4. The van der Waals surface area contributed by atoms with Crippen molar-refractivity contribution in [3.63, 3.8) is 0 Å². The fourth-order valence-electron chi connectivity index (χ4n) is 4.33. The Labute approximate surface area is 185 Å². The molecular formula is C25H23N5O2. The van der Waals surface area contributed by atoms with Crippen LogP contribution in [0, 0.1) is 13.8 Å². The molecule has 1 N–H and O–H groups in total. The normalized spacial score (nSPS) is 15.2. The molecule has 0 bridgehead atoms. The van der Waals surface area contributed by atoms with Gasteiger partial charge in [0.1, 0.15) is 6.04 Å². The quantitative estimate of drug-likeness (QED) is 0.521. The zero-order valence-corrected chi connectivity index (χ0v) is 17.9. The second-order valence-corrected chi connectivity index (χ2v) is 8.16. The Morgan fingerprint density at radius 2 is 1.78 bits per heavy atom. The van der Waals surface area contributed by atoms with Crippen molar-refractivity contribution < 1.29 is 9.59 Å². The first-order chi connectivity index (χ1) is 15.5. The Balaban J connectivity index is 1.47. The summed E-state index contributed by atoms with van der Waals surface area (Å²) < 4.78 is 1.88. The second-order valence-electron chi connectivity index (χ2n) is 8.16. The molecular weight excluding hydrogens is 402 g/mol. The lowest BCUT2D eigenvalue weighted by atomic mass is 10.1. The molecule has 1 atom stereocenters. The number of carbonyl (C=O) groups is 2. The molecule has 0 saturated carbocycles. The Hall–Kier alpha value is -4.00. The van der Waals surface area contributed by atoms with Crippen LogP contribution in [0.25, 0.3) is 11.0 Å². The van der Waals surface area contributed by atoms with Crippen molar-refractivity contribution in [2.24, 2.45) is 0 Å². The largest absolute Gasteiger partial charge is 0.326 e. The second kappa shape index (κ2) is 7.92. The summed E-state index contributed by atoms with van der Waals surface area (Å²) in [5.41, 5.74) is 5.27. The minimum absolute atomic E-state index is 0.0257. The highest BCUT2D eigenvalue weighted by molar-refractivity contribution is 6.05. The van der Waals surface area contributed by atoms with E-state index in [-0.39, 0.29) is 18.2 Å². The van der Waals surface area contributed by atoms with E-state index < -0.39 is 6.04 Å². The highest BCUT2D eigenvalue weighted by atomic mass is 16.2. The van der Waals surface area contributed by atoms with Gasteiger partial charge >= 0.3 is 0 Å². The van der Waals surface area contributed by atoms with Gasteiger partial charge in [-0.2, -0.15) is 0 Å². The summed E-state index contributed by atoms with van der Waals surface area (Å²) in [6.07, 6.45) is 1.73. The van der Waals surface area contributed by atoms with E-state index in [2.05, 4.69) is 16.4 Å². The molecule has 4 aromatic rings. The first-order valence-electron chi connectivity index (χ1n) is 10.6. The van der Waals surface area contributed by atoms with Crippen LogP contribution in [0.4, 0.5) is 11.6 Å². The summed E-state index contributed by atoms with van der Waals surface area (Å²) in [6, 6.07) is 18.5. The Morgan fingerprint density at radius 1 is 1.03 bits per heavy atom. The molecule has 1 aliphatic heterocycles. The number of hydrogen-bond donors (Lipinski definition) is 1. The van der Waals surface area contributed by atoms with E-state index in [1.807, 2.05) is 73.0 Å². The van der Waals surface area contributed by atoms with Gasteiger partial charge in [0.15, 0.2) is 0 Å². The van der Waals surface area contributed by atoms with Crippen molar-refractivity contribution in [2.75, 3.05) is 10.2 Å². The predicted octanol–water partition coefficient (Wildman–Crippen LogP) is 4.16. The molecule has 2 aromatic carbocycles. The van der Waals surface area contributed by atoms with E-state index >= 15 is 0 Å². The Kier molecular flexibility index (Phi) is 4.93. The van der Waals surface area contributed by atoms with Crippen LogP contribution in [0.2, 0.25) is 0 Å². The van der Waals surface area contributed by atoms with Crippen LogP contribution in [0.3, 0.4) is 0 Å². The number of amides is 2. The molecule has 0 radical (unpaired) electrons. The smallest absolute Gasteiger partial charge is 0.253 e. The number of benzene rings is 2. The summed E-state index contributed by atoms with van der Waals surface area (Å²) in [5, 5.41) is 2.95. The van der Waals surface area contributed by atoms with Gasteiger partial charge < -0.3 is 5.32 Å². The lowest BCUT2D eigenvalue weighted by Gasteiger charge is -2.16. The molecule has 0 saturated heterocycles. The lowest BCUT2D eigenvalue weighted by molar-refractivity contribution is -0.124. The van der Waals surface area contributed by atoms with Crippen molar-refractivity contribution in [2.45, 2.75) is 32.9 Å². The van der Waals surface area contributed by atoms with Crippen LogP contribution in [-0.2, 0) is 16.1 Å². The van der Waals surface area contributed by atoms with Gasteiger partial charge in [-0.15, -0.1) is 0 Å². The number of aromatic nitrogens is 3. The van der Waals surface area contributed by atoms with Crippen molar-refractivity contribution in [3.8, 4) is 0 Å². The molecule has 0 spiro atoms. The standard InChI is InChI=1S/C25H23N5O2/c1-16-11-17(2)13-19(12-16)27-23(31)14-22-24(32)29(15-18-7-5-6-10-26-18)25-28-20-8-3-4-9-21(20)30(22)25/h3-13,22H,14-15H2,1-2H3,(H,27,31)/t22-/m0/s1. The van der Waals surface area contributed by atoms with E-state index in [1.54, 1.807) is 11.1 Å². The number of fused-ring (bicyclic) bond motifs is 3. The van der Waals surface area contributed by atoms with Gasteiger partial charge in [0.25, 0.3) is 5.91 Å². The molecule has 2 aromatic heterocycles. The summed E-state index contributed by atoms with van der Waals surface area (Å²) >= 11 is 0. The maximum Gasteiger partial charge on any atom is 0.253 e. The number of rotatable bonds is 5. The van der Waals surface area contributed by atoms with Gasteiger partial charge in [-0.1, -0.05) is 24.3 Å². The van der Waals surface area contributed by atoms with Crippen molar-refractivity contribution >= 4 is 34.5 Å². The lowest BCUT2D eigenvalue weighted by Crippen LogP contribution is -2.31. The van der Waals surface area contributed by atoms with E-state index in [1.165, 1.54) is 0 Å². The molecule has 1 aliphatic rings. The topological polar surface area (TPSA) is 80.1 Å². The van der Waals surface area contributed by atoms with Gasteiger partial charge in [0, 0.05) is 11.9 Å². The molecule has 0 aliphatic carbocycles. The van der Waals surface area contributed by atoms with Crippen LogP contribution in [0.1, 0.15) is 29.3 Å².